The van der Waals surface area contributed by atoms with Crippen LogP contribution in [0.4, 0.5) is 0 Å². The molecule has 0 saturated carbocycles. The van der Waals surface area contributed by atoms with Crippen LogP contribution in [0.3, 0.4) is 0 Å². The zero-order chi connectivity index (χ0) is 20.6. The Morgan fingerprint density at radius 3 is 2.14 bits per heavy atom. The first-order valence-corrected chi connectivity index (χ1v) is 9.40. The summed E-state index contributed by atoms with van der Waals surface area (Å²) in [6.45, 7) is 9.88. The highest BCUT2D eigenvalue weighted by Crippen LogP contribution is 2.36. The summed E-state index contributed by atoms with van der Waals surface area (Å²) >= 11 is 0. The van der Waals surface area contributed by atoms with Crippen LogP contribution in [0.5, 0.6) is 11.5 Å². The maximum Gasteiger partial charge on any atom is 0.204 e. The minimum absolute atomic E-state index is 0.0816. The summed E-state index contributed by atoms with van der Waals surface area (Å²) in [6, 6.07) is 5.11. The zero-order valence-corrected chi connectivity index (χ0v) is 17.0. The number of aromatic hydroxyl groups is 2. The van der Waals surface area contributed by atoms with Crippen molar-refractivity contribution in [1.29, 1.82) is 0 Å². The average Bonchev–Trinajstić information content (AvgIpc) is 2.60. The molecular formula is C24H26O4. The van der Waals surface area contributed by atoms with Crippen molar-refractivity contribution in [2.75, 3.05) is 0 Å². The van der Waals surface area contributed by atoms with Gasteiger partial charge in [-0.25, -0.2) is 0 Å². The van der Waals surface area contributed by atoms with Gasteiger partial charge in [0.2, 0.25) is 5.43 Å². The Bertz CT molecular complexity index is 1190. The molecule has 4 heteroatoms. The molecule has 0 fully saturated rings. The largest absolute Gasteiger partial charge is 0.507 e. The third-order valence-corrected chi connectivity index (χ3v) is 4.96. The Labute approximate surface area is 164 Å². The molecule has 0 aliphatic heterocycles. The summed E-state index contributed by atoms with van der Waals surface area (Å²) in [6.07, 6.45) is 4.92. The molecule has 0 aliphatic carbocycles. The SMILES string of the molecule is CC(C)=CCc1c(O)cc2oc3ccc(C)c(CC=C(C)C)c3c(=O)c2c1O. The number of phenols is 2. The molecule has 28 heavy (non-hydrogen) atoms. The minimum atomic E-state index is -0.270. The van der Waals surface area contributed by atoms with Crippen molar-refractivity contribution in [2.45, 2.75) is 47.5 Å². The van der Waals surface area contributed by atoms with Crippen molar-refractivity contribution in [3.05, 3.63) is 68.4 Å². The lowest BCUT2D eigenvalue weighted by molar-refractivity contribution is 0.443. The summed E-state index contributed by atoms with van der Waals surface area (Å²) in [5.74, 6) is -0.292. The molecule has 0 amide bonds. The molecule has 0 unspecified atom stereocenters. The lowest BCUT2D eigenvalue weighted by Crippen LogP contribution is -2.07. The van der Waals surface area contributed by atoms with E-state index < -0.39 is 0 Å². The van der Waals surface area contributed by atoms with E-state index in [0.29, 0.717) is 29.4 Å². The minimum Gasteiger partial charge on any atom is -0.507 e. The maximum atomic E-state index is 13.4. The van der Waals surface area contributed by atoms with E-state index >= 15 is 0 Å². The number of phenolic OH excluding ortho intramolecular Hbond substituents is 2. The van der Waals surface area contributed by atoms with Gasteiger partial charge in [-0.15, -0.1) is 0 Å². The molecule has 0 saturated heterocycles. The third kappa shape index (κ3) is 3.55. The van der Waals surface area contributed by atoms with Crippen LogP contribution in [0.1, 0.15) is 44.4 Å². The van der Waals surface area contributed by atoms with Gasteiger partial charge in [0.1, 0.15) is 28.1 Å². The summed E-state index contributed by atoms with van der Waals surface area (Å²) in [5, 5.41) is 21.8. The first-order valence-electron chi connectivity index (χ1n) is 9.40. The molecule has 0 atom stereocenters. The van der Waals surface area contributed by atoms with E-state index in [9.17, 15) is 15.0 Å². The fraction of sp³-hybridized carbons (Fsp3) is 0.292. The highest BCUT2D eigenvalue weighted by molar-refractivity contribution is 5.96. The second-order valence-electron chi connectivity index (χ2n) is 7.73. The highest BCUT2D eigenvalue weighted by Gasteiger charge is 2.20. The van der Waals surface area contributed by atoms with Crippen LogP contribution in [-0.2, 0) is 12.8 Å². The van der Waals surface area contributed by atoms with Gasteiger partial charge in [0.25, 0.3) is 0 Å². The lowest BCUT2D eigenvalue weighted by Gasteiger charge is -2.12. The molecule has 0 radical (unpaired) electrons. The van der Waals surface area contributed by atoms with Gasteiger partial charge < -0.3 is 14.6 Å². The maximum absolute atomic E-state index is 13.4. The van der Waals surface area contributed by atoms with Crippen LogP contribution < -0.4 is 5.43 Å². The topological polar surface area (TPSA) is 70.7 Å². The van der Waals surface area contributed by atoms with Crippen LogP contribution >= 0.6 is 0 Å². The Morgan fingerprint density at radius 1 is 0.929 bits per heavy atom. The van der Waals surface area contributed by atoms with Crippen LogP contribution in [0, 0.1) is 6.92 Å². The van der Waals surface area contributed by atoms with Gasteiger partial charge >= 0.3 is 0 Å². The van der Waals surface area contributed by atoms with Crippen molar-refractivity contribution in [1.82, 2.24) is 0 Å². The lowest BCUT2D eigenvalue weighted by atomic mass is 9.97. The molecule has 0 spiro atoms. The fourth-order valence-corrected chi connectivity index (χ4v) is 3.36. The van der Waals surface area contributed by atoms with Crippen molar-refractivity contribution in [2.24, 2.45) is 0 Å². The normalized spacial score (nSPS) is 11.0. The number of hydrogen-bond donors (Lipinski definition) is 2. The molecule has 1 aromatic heterocycles. The van der Waals surface area contributed by atoms with Gasteiger partial charge in [0.15, 0.2) is 0 Å². The second kappa shape index (κ2) is 7.55. The number of rotatable bonds is 4. The van der Waals surface area contributed by atoms with E-state index in [2.05, 4.69) is 6.08 Å². The van der Waals surface area contributed by atoms with Gasteiger partial charge in [-0.1, -0.05) is 29.4 Å². The summed E-state index contributed by atoms with van der Waals surface area (Å²) in [7, 11) is 0. The predicted octanol–water partition coefficient (Wildman–Crippen LogP) is 5.68. The molecule has 0 bridgehead atoms. The van der Waals surface area contributed by atoms with E-state index in [1.165, 1.54) is 11.6 Å². The van der Waals surface area contributed by atoms with E-state index in [0.717, 1.165) is 16.7 Å². The van der Waals surface area contributed by atoms with E-state index in [1.54, 1.807) is 6.07 Å². The van der Waals surface area contributed by atoms with Crippen LogP contribution in [0.15, 0.2) is 50.7 Å². The number of benzene rings is 2. The number of allylic oxidation sites excluding steroid dienone is 4. The average molecular weight is 378 g/mol. The molecule has 3 rings (SSSR count). The Balaban J connectivity index is 2.39. The Hall–Kier alpha value is -3.01. The standard InChI is InChI=1S/C24H26O4/c1-13(2)6-9-16-15(5)8-11-19-21(16)24(27)22-20(28-19)12-18(25)17(23(22)26)10-7-14(3)4/h6-8,11-12,25-26H,9-10H2,1-5H3. The van der Waals surface area contributed by atoms with Crippen LogP contribution in [0.2, 0.25) is 0 Å². The highest BCUT2D eigenvalue weighted by atomic mass is 16.3. The van der Waals surface area contributed by atoms with Gasteiger partial charge in [-0.2, -0.15) is 0 Å². The number of hydrogen-bond acceptors (Lipinski definition) is 4. The van der Waals surface area contributed by atoms with Crippen molar-refractivity contribution in [3.8, 4) is 11.5 Å². The molecule has 146 valence electrons. The summed E-state index contributed by atoms with van der Waals surface area (Å²) in [4.78, 5) is 13.4. The van der Waals surface area contributed by atoms with Crippen molar-refractivity contribution in [3.63, 3.8) is 0 Å². The molecule has 2 aromatic carbocycles. The van der Waals surface area contributed by atoms with E-state index in [1.807, 2.05) is 46.8 Å². The number of aryl methyl sites for hydroxylation is 1. The molecule has 4 nitrogen and oxygen atoms in total. The van der Waals surface area contributed by atoms with Crippen molar-refractivity contribution < 1.29 is 14.6 Å². The quantitative estimate of drug-likeness (QED) is 0.452. The van der Waals surface area contributed by atoms with Crippen LogP contribution in [0.25, 0.3) is 21.9 Å². The van der Waals surface area contributed by atoms with Gasteiger partial charge in [0.05, 0.1) is 5.39 Å². The molecule has 2 N–H and O–H groups in total. The third-order valence-electron chi connectivity index (χ3n) is 4.96. The second-order valence-corrected chi connectivity index (χ2v) is 7.73. The fourth-order valence-electron chi connectivity index (χ4n) is 3.36. The van der Waals surface area contributed by atoms with Crippen LogP contribution in [-0.4, -0.2) is 10.2 Å². The summed E-state index contributed by atoms with van der Waals surface area (Å²) < 4.78 is 5.92. The van der Waals surface area contributed by atoms with Gasteiger partial charge in [0, 0.05) is 11.6 Å². The first kappa shape index (κ1) is 19.7. The number of fused-ring (bicyclic) bond motifs is 2. The predicted molar refractivity (Wildman–Crippen MR) is 114 cm³/mol. The monoisotopic (exact) mass is 378 g/mol. The molecule has 3 aromatic rings. The summed E-state index contributed by atoms with van der Waals surface area (Å²) in [5.41, 5.74) is 4.82. The molecule has 0 aliphatic rings. The smallest absolute Gasteiger partial charge is 0.204 e. The Kier molecular flexibility index (Phi) is 5.32. The molecule has 1 heterocycles. The zero-order valence-electron chi connectivity index (χ0n) is 17.0. The first-order chi connectivity index (χ1) is 13.2. The van der Waals surface area contributed by atoms with Crippen molar-refractivity contribution >= 4 is 21.9 Å². The van der Waals surface area contributed by atoms with E-state index in [-0.39, 0.29) is 27.9 Å². The molecular weight excluding hydrogens is 352 g/mol. The van der Waals surface area contributed by atoms with Gasteiger partial charge in [-0.3, -0.25) is 4.79 Å². The Morgan fingerprint density at radius 2 is 1.54 bits per heavy atom. The van der Waals surface area contributed by atoms with E-state index in [4.69, 9.17) is 4.42 Å². The van der Waals surface area contributed by atoms with Gasteiger partial charge in [-0.05, 0) is 64.7 Å².